The van der Waals surface area contributed by atoms with Gasteiger partial charge in [-0.05, 0) is 39.0 Å². The topological polar surface area (TPSA) is 117 Å². The summed E-state index contributed by atoms with van der Waals surface area (Å²) < 4.78 is 12.2. The molecule has 2 aromatic heterocycles. The van der Waals surface area contributed by atoms with Gasteiger partial charge in [0, 0.05) is 22.5 Å². The number of methoxy groups -OCH3 is 2. The fourth-order valence-electron chi connectivity index (χ4n) is 3.19. The lowest BCUT2D eigenvalue weighted by Gasteiger charge is -2.19. The molecule has 0 spiro atoms. The number of nitrogen functional groups attached to an aromatic ring is 1. The van der Waals surface area contributed by atoms with Gasteiger partial charge in [0.05, 0.1) is 26.7 Å². The zero-order valence-corrected chi connectivity index (χ0v) is 16.6. The first-order chi connectivity index (χ1) is 13.3. The van der Waals surface area contributed by atoms with Gasteiger partial charge in [-0.3, -0.25) is 4.79 Å². The molecule has 0 aliphatic rings. The fraction of sp³-hybridized carbons (Fsp3) is 0.368. The number of nitrogens with zero attached hydrogens (tertiary/aromatic N) is 4. The molecule has 1 aromatic carbocycles. The van der Waals surface area contributed by atoms with Gasteiger partial charge in [0.1, 0.15) is 11.5 Å². The summed E-state index contributed by atoms with van der Waals surface area (Å²) in [5, 5.41) is 7.14. The molecule has 0 saturated carbocycles. The predicted molar refractivity (Wildman–Crippen MR) is 104 cm³/mol. The van der Waals surface area contributed by atoms with Gasteiger partial charge < -0.3 is 20.5 Å². The van der Waals surface area contributed by atoms with Crippen molar-refractivity contribution in [2.45, 2.75) is 33.2 Å². The highest BCUT2D eigenvalue weighted by molar-refractivity contribution is 5.79. The van der Waals surface area contributed by atoms with Crippen molar-refractivity contribution >= 4 is 17.6 Å². The number of aryl methyl sites for hydroxylation is 2. The van der Waals surface area contributed by atoms with Gasteiger partial charge in [-0.2, -0.15) is 9.50 Å². The molecule has 1 atom stereocenters. The summed E-state index contributed by atoms with van der Waals surface area (Å²) in [7, 11) is 3.19. The first kappa shape index (κ1) is 19.4. The molecule has 0 fully saturated rings. The standard InChI is InChI=1S/C19H24N6O3/c1-10-14(12(3)25-19(22-10)23-18(20)24-25)9-17(26)21-11(2)15-8-13(27-4)6-7-16(15)28-5/h6-8,11H,9H2,1-5H3,(H2,20,24)(H,21,26)/t11-/m1/s1. The van der Waals surface area contributed by atoms with Crippen molar-refractivity contribution in [3.05, 3.63) is 40.7 Å². The summed E-state index contributed by atoms with van der Waals surface area (Å²) in [4.78, 5) is 21.2. The van der Waals surface area contributed by atoms with Crippen LogP contribution < -0.4 is 20.5 Å². The van der Waals surface area contributed by atoms with E-state index in [2.05, 4.69) is 20.4 Å². The molecule has 0 radical (unpaired) electrons. The monoisotopic (exact) mass is 384 g/mol. The van der Waals surface area contributed by atoms with Gasteiger partial charge in [0.2, 0.25) is 11.9 Å². The number of fused-ring (bicyclic) bond motifs is 1. The second-order valence-corrected chi connectivity index (χ2v) is 6.52. The summed E-state index contributed by atoms with van der Waals surface area (Å²) in [5.74, 6) is 1.81. The van der Waals surface area contributed by atoms with Crippen molar-refractivity contribution in [2.75, 3.05) is 20.0 Å². The Hall–Kier alpha value is -3.36. The van der Waals surface area contributed by atoms with Crippen molar-refractivity contribution < 1.29 is 14.3 Å². The molecule has 28 heavy (non-hydrogen) atoms. The first-order valence-corrected chi connectivity index (χ1v) is 8.83. The Bertz CT molecular complexity index is 1030. The molecule has 0 bridgehead atoms. The number of benzene rings is 1. The molecule has 3 aromatic rings. The number of hydrogen-bond acceptors (Lipinski definition) is 7. The normalized spacial score (nSPS) is 12.0. The Morgan fingerprint density at radius 3 is 2.68 bits per heavy atom. The number of nitrogens with two attached hydrogens (primary N) is 1. The minimum absolute atomic E-state index is 0.141. The summed E-state index contributed by atoms with van der Waals surface area (Å²) in [6.45, 7) is 5.61. The van der Waals surface area contributed by atoms with E-state index >= 15 is 0 Å². The van der Waals surface area contributed by atoms with E-state index in [-0.39, 0.29) is 24.3 Å². The maximum absolute atomic E-state index is 12.7. The largest absolute Gasteiger partial charge is 0.497 e. The molecule has 148 valence electrons. The van der Waals surface area contributed by atoms with Gasteiger partial charge >= 0.3 is 0 Å². The molecule has 2 heterocycles. The average Bonchev–Trinajstić information content (AvgIpc) is 3.04. The predicted octanol–water partition coefficient (Wildman–Crippen LogP) is 1.76. The zero-order valence-electron chi connectivity index (χ0n) is 16.6. The molecule has 0 unspecified atom stereocenters. The van der Waals surface area contributed by atoms with Gasteiger partial charge in [-0.1, -0.05) is 0 Å². The molecule has 3 N–H and O–H groups in total. The van der Waals surface area contributed by atoms with Crippen LogP contribution in [0.2, 0.25) is 0 Å². The summed E-state index contributed by atoms with van der Waals surface area (Å²) in [6.07, 6.45) is 0.164. The van der Waals surface area contributed by atoms with E-state index in [4.69, 9.17) is 15.2 Å². The van der Waals surface area contributed by atoms with Crippen molar-refractivity contribution in [3.8, 4) is 11.5 Å². The van der Waals surface area contributed by atoms with Crippen molar-refractivity contribution in [1.82, 2.24) is 24.9 Å². The Kier molecular flexibility index (Phi) is 5.34. The van der Waals surface area contributed by atoms with E-state index in [1.807, 2.05) is 39.0 Å². The second-order valence-electron chi connectivity index (χ2n) is 6.52. The van der Waals surface area contributed by atoms with Gasteiger partial charge in [-0.25, -0.2) is 4.98 Å². The highest BCUT2D eigenvalue weighted by atomic mass is 16.5. The van der Waals surface area contributed by atoms with E-state index in [0.29, 0.717) is 17.3 Å². The lowest BCUT2D eigenvalue weighted by Crippen LogP contribution is -2.29. The van der Waals surface area contributed by atoms with Crippen LogP contribution in [0.5, 0.6) is 11.5 Å². The number of ether oxygens (including phenoxy) is 2. The number of amides is 1. The quantitative estimate of drug-likeness (QED) is 0.665. The van der Waals surface area contributed by atoms with Crippen LogP contribution in [0, 0.1) is 13.8 Å². The SMILES string of the molecule is COc1ccc(OC)c([C@@H](C)NC(=O)Cc2c(C)nc3nc(N)nn3c2C)c1. The smallest absolute Gasteiger partial charge is 0.254 e. The fourth-order valence-corrected chi connectivity index (χ4v) is 3.19. The lowest BCUT2D eigenvalue weighted by atomic mass is 10.0. The molecule has 9 heteroatoms. The number of rotatable bonds is 6. The van der Waals surface area contributed by atoms with Crippen LogP contribution in [0.15, 0.2) is 18.2 Å². The molecule has 1 amide bonds. The van der Waals surface area contributed by atoms with Crippen LogP contribution >= 0.6 is 0 Å². The van der Waals surface area contributed by atoms with Crippen LogP contribution in [0.4, 0.5) is 5.95 Å². The van der Waals surface area contributed by atoms with E-state index in [1.165, 1.54) is 0 Å². The van der Waals surface area contributed by atoms with E-state index in [1.54, 1.807) is 18.7 Å². The average molecular weight is 384 g/mol. The lowest BCUT2D eigenvalue weighted by molar-refractivity contribution is -0.121. The van der Waals surface area contributed by atoms with Crippen LogP contribution in [-0.2, 0) is 11.2 Å². The molecular weight excluding hydrogens is 360 g/mol. The Morgan fingerprint density at radius 2 is 2.00 bits per heavy atom. The minimum atomic E-state index is -0.267. The van der Waals surface area contributed by atoms with Crippen molar-refractivity contribution in [3.63, 3.8) is 0 Å². The highest BCUT2D eigenvalue weighted by Gasteiger charge is 2.19. The van der Waals surface area contributed by atoms with Gasteiger partial charge in [0.25, 0.3) is 5.78 Å². The van der Waals surface area contributed by atoms with Crippen LogP contribution in [0.25, 0.3) is 5.78 Å². The highest BCUT2D eigenvalue weighted by Crippen LogP contribution is 2.29. The summed E-state index contributed by atoms with van der Waals surface area (Å²) in [6, 6.07) is 5.22. The summed E-state index contributed by atoms with van der Waals surface area (Å²) in [5.41, 5.74) is 8.79. The first-order valence-electron chi connectivity index (χ1n) is 8.83. The number of hydrogen-bond donors (Lipinski definition) is 2. The third kappa shape index (κ3) is 3.68. The number of anilines is 1. The Morgan fingerprint density at radius 1 is 1.25 bits per heavy atom. The minimum Gasteiger partial charge on any atom is -0.497 e. The second kappa shape index (κ2) is 7.71. The number of aromatic nitrogens is 4. The molecular formula is C19H24N6O3. The van der Waals surface area contributed by atoms with Crippen LogP contribution in [0.3, 0.4) is 0 Å². The van der Waals surface area contributed by atoms with Gasteiger partial charge in [-0.15, -0.1) is 5.10 Å². The maximum Gasteiger partial charge on any atom is 0.254 e. The molecule has 9 nitrogen and oxygen atoms in total. The molecule has 0 aliphatic carbocycles. The van der Waals surface area contributed by atoms with Crippen molar-refractivity contribution in [2.24, 2.45) is 0 Å². The Balaban J connectivity index is 1.82. The molecule has 3 rings (SSSR count). The number of nitrogens with one attached hydrogen (secondary N) is 1. The number of carbonyl (C=O) groups excluding carboxylic acids is 1. The van der Waals surface area contributed by atoms with Gasteiger partial charge in [0.15, 0.2) is 0 Å². The third-order valence-electron chi connectivity index (χ3n) is 4.68. The van der Waals surface area contributed by atoms with Crippen LogP contribution in [0.1, 0.15) is 35.5 Å². The number of carbonyl (C=O) groups is 1. The molecule has 0 aliphatic heterocycles. The van der Waals surface area contributed by atoms with E-state index in [9.17, 15) is 4.79 Å². The molecule has 0 saturated heterocycles. The Labute approximate surface area is 162 Å². The summed E-state index contributed by atoms with van der Waals surface area (Å²) >= 11 is 0. The maximum atomic E-state index is 12.7. The zero-order chi connectivity index (χ0) is 20.4. The van der Waals surface area contributed by atoms with Crippen molar-refractivity contribution in [1.29, 1.82) is 0 Å². The third-order valence-corrected chi connectivity index (χ3v) is 4.68. The van der Waals surface area contributed by atoms with E-state index < -0.39 is 0 Å². The van der Waals surface area contributed by atoms with E-state index in [0.717, 1.165) is 22.5 Å². The van der Waals surface area contributed by atoms with Crippen LogP contribution in [-0.4, -0.2) is 39.7 Å².